The SMILES string of the molecule is CCC1CCCCN1C(=O)COC(=O)c1ccc(OC)c(S(=O)(=O)N(C)Cc2ccccc2)c1. The fraction of sp³-hybridized carbons (Fsp3) is 0.440. The molecule has 2 aromatic carbocycles. The van der Waals surface area contributed by atoms with Crippen molar-refractivity contribution < 1.29 is 27.5 Å². The van der Waals surface area contributed by atoms with Crippen molar-refractivity contribution in [2.75, 3.05) is 27.3 Å². The average molecular weight is 489 g/mol. The van der Waals surface area contributed by atoms with E-state index in [9.17, 15) is 18.0 Å². The van der Waals surface area contributed by atoms with Crippen molar-refractivity contribution in [1.82, 2.24) is 9.21 Å². The Balaban J connectivity index is 1.74. The molecule has 1 aliphatic heterocycles. The van der Waals surface area contributed by atoms with Crippen LogP contribution in [-0.2, 0) is 26.1 Å². The molecule has 34 heavy (non-hydrogen) atoms. The monoisotopic (exact) mass is 488 g/mol. The molecule has 3 rings (SSSR count). The number of hydrogen-bond donors (Lipinski definition) is 0. The van der Waals surface area contributed by atoms with Crippen LogP contribution in [0.4, 0.5) is 0 Å². The van der Waals surface area contributed by atoms with E-state index in [4.69, 9.17) is 9.47 Å². The summed E-state index contributed by atoms with van der Waals surface area (Å²) < 4.78 is 38.2. The molecule has 1 aliphatic rings. The molecule has 8 nitrogen and oxygen atoms in total. The van der Waals surface area contributed by atoms with Crippen LogP contribution in [0.5, 0.6) is 5.75 Å². The van der Waals surface area contributed by atoms with Crippen LogP contribution in [0, 0.1) is 0 Å². The fourth-order valence-corrected chi connectivity index (χ4v) is 5.48. The number of benzene rings is 2. The number of ether oxygens (including phenoxy) is 2. The largest absolute Gasteiger partial charge is 0.495 e. The molecule has 1 atom stereocenters. The van der Waals surface area contributed by atoms with E-state index in [1.807, 2.05) is 37.3 Å². The summed E-state index contributed by atoms with van der Waals surface area (Å²) in [4.78, 5) is 26.9. The molecule has 2 aromatic rings. The molecule has 0 aromatic heterocycles. The summed E-state index contributed by atoms with van der Waals surface area (Å²) in [6.07, 6.45) is 3.83. The number of rotatable bonds is 9. The second-order valence-electron chi connectivity index (χ2n) is 8.33. The molecule has 1 heterocycles. The summed E-state index contributed by atoms with van der Waals surface area (Å²) in [5, 5.41) is 0. The molecule has 9 heteroatoms. The van der Waals surface area contributed by atoms with E-state index < -0.39 is 16.0 Å². The Bertz CT molecular complexity index is 1100. The first kappa shape index (κ1) is 25.7. The summed E-state index contributed by atoms with van der Waals surface area (Å²) in [6, 6.07) is 13.4. The van der Waals surface area contributed by atoms with Gasteiger partial charge in [0.15, 0.2) is 6.61 Å². The first-order valence-corrected chi connectivity index (χ1v) is 12.9. The molecule has 184 valence electrons. The highest BCUT2D eigenvalue weighted by molar-refractivity contribution is 7.89. The number of esters is 1. The highest BCUT2D eigenvalue weighted by Crippen LogP contribution is 2.28. The third-order valence-electron chi connectivity index (χ3n) is 6.08. The fourth-order valence-electron chi connectivity index (χ4n) is 4.15. The number of hydrogen-bond acceptors (Lipinski definition) is 6. The van der Waals surface area contributed by atoms with Crippen molar-refractivity contribution in [3.63, 3.8) is 0 Å². The zero-order chi connectivity index (χ0) is 24.7. The Labute approximate surface area is 201 Å². The van der Waals surface area contributed by atoms with Gasteiger partial charge in [-0.15, -0.1) is 0 Å². The molecule has 0 N–H and O–H groups in total. The van der Waals surface area contributed by atoms with Crippen LogP contribution in [0.3, 0.4) is 0 Å². The summed E-state index contributed by atoms with van der Waals surface area (Å²) in [7, 11) is -1.14. The second kappa shape index (κ2) is 11.5. The van der Waals surface area contributed by atoms with Crippen molar-refractivity contribution in [3.8, 4) is 5.75 Å². The first-order chi connectivity index (χ1) is 16.3. The number of carbonyl (C=O) groups excluding carboxylic acids is 2. The van der Waals surface area contributed by atoms with Gasteiger partial charge >= 0.3 is 5.97 Å². The maximum absolute atomic E-state index is 13.3. The van der Waals surface area contributed by atoms with E-state index in [2.05, 4.69) is 0 Å². The Kier molecular flexibility index (Phi) is 8.68. The number of amides is 1. The minimum absolute atomic E-state index is 0.0333. The van der Waals surface area contributed by atoms with Crippen LogP contribution >= 0.6 is 0 Å². The van der Waals surface area contributed by atoms with E-state index in [0.29, 0.717) is 6.54 Å². The van der Waals surface area contributed by atoms with Gasteiger partial charge in [0.25, 0.3) is 5.91 Å². The lowest BCUT2D eigenvalue weighted by atomic mass is 10.00. The van der Waals surface area contributed by atoms with Gasteiger partial charge in [-0.25, -0.2) is 13.2 Å². The van der Waals surface area contributed by atoms with E-state index >= 15 is 0 Å². The number of carbonyl (C=O) groups is 2. The van der Waals surface area contributed by atoms with Gasteiger partial charge in [0, 0.05) is 26.2 Å². The molecule has 0 aliphatic carbocycles. The number of methoxy groups -OCH3 is 1. The Morgan fingerprint density at radius 3 is 2.53 bits per heavy atom. The first-order valence-electron chi connectivity index (χ1n) is 11.4. The summed E-state index contributed by atoms with van der Waals surface area (Å²) in [5.41, 5.74) is 0.857. The maximum atomic E-state index is 13.3. The molecule has 1 saturated heterocycles. The van der Waals surface area contributed by atoms with Crippen LogP contribution in [0.25, 0.3) is 0 Å². The number of likely N-dealkylation sites (tertiary alicyclic amines) is 1. The van der Waals surface area contributed by atoms with Gasteiger partial charge in [-0.2, -0.15) is 4.31 Å². The molecule has 1 unspecified atom stereocenters. The smallest absolute Gasteiger partial charge is 0.338 e. The number of nitrogens with zero attached hydrogens (tertiary/aromatic N) is 2. The molecule has 0 spiro atoms. The quantitative estimate of drug-likeness (QED) is 0.502. The van der Waals surface area contributed by atoms with E-state index in [1.165, 1.54) is 36.7 Å². The lowest BCUT2D eigenvalue weighted by molar-refractivity contribution is -0.138. The zero-order valence-electron chi connectivity index (χ0n) is 19.9. The second-order valence-corrected chi connectivity index (χ2v) is 10.3. The predicted octanol–water partition coefficient (Wildman–Crippen LogP) is 3.46. The molecule has 0 radical (unpaired) electrons. The Hall–Kier alpha value is -2.91. The van der Waals surface area contributed by atoms with Crippen molar-refractivity contribution in [3.05, 3.63) is 59.7 Å². The topological polar surface area (TPSA) is 93.2 Å². The van der Waals surface area contributed by atoms with Gasteiger partial charge in [0.1, 0.15) is 10.6 Å². The van der Waals surface area contributed by atoms with Gasteiger partial charge in [-0.3, -0.25) is 4.79 Å². The lowest BCUT2D eigenvalue weighted by Crippen LogP contribution is -2.45. The molecular weight excluding hydrogens is 456 g/mol. The third kappa shape index (κ3) is 5.95. The van der Waals surface area contributed by atoms with E-state index in [1.54, 1.807) is 4.90 Å². The standard InChI is InChI=1S/C25H32N2O6S/c1-4-21-12-8-9-15-27(21)24(28)18-33-25(29)20-13-14-22(32-3)23(16-20)34(30,31)26(2)17-19-10-6-5-7-11-19/h5-7,10-11,13-14,16,21H,4,8-9,12,15,17-18H2,1-3H3. The average Bonchev–Trinajstić information content (AvgIpc) is 2.87. The molecule has 0 saturated carbocycles. The molecule has 1 amide bonds. The van der Waals surface area contributed by atoms with Crippen molar-refractivity contribution in [1.29, 1.82) is 0 Å². The molecular formula is C25H32N2O6S. The van der Waals surface area contributed by atoms with Crippen molar-refractivity contribution in [2.24, 2.45) is 0 Å². The van der Waals surface area contributed by atoms with Gasteiger partial charge in [0.2, 0.25) is 10.0 Å². The minimum Gasteiger partial charge on any atom is -0.495 e. The van der Waals surface area contributed by atoms with E-state index in [-0.39, 0.29) is 41.3 Å². The van der Waals surface area contributed by atoms with Crippen LogP contribution in [0.15, 0.2) is 53.4 Å². The maximum Gasteiger partial charge on any atom is 0.338 e. The van der Waals surface area contributed by atoms with Gasteiger partial charge < -0.3 is 14.4 Å². The van der Waals surface area contributed by atoms with Crippen LogP contribution in [0.1, 0.15) is 48.5 Å². The summed E-state index contributed by atoms with van der Waals surface area (Å²) in [5.74, 6) is -0.876. The van der Waals surface area contributed by atoms with Gasteiger partial charge in [-0.05, 0) is 49.4 Å². The van der Waals surface area contributed by atoms with Gasteiger partial charge in [-0.1, -0.05) is 37.3 Å². The Morgan fingerprint density at radius 2 is 1.85 bits per heavy atom. The Morgan fingerprint density at radius 1 is 1.12 bits per heavy atom. The zero-order valence-corrected chi connectivity index (χ0v) is 20.7. The molecule has 0 bridgehead atoms. The highest BCUT2D eigenvalue weighted by atomic mass is 32.2. The number of sulfonamides is 1. The van der Waals surface area contributed by atoms with Gasteiger partial charge in [0.05, 0.1) is 12.7 Å². The molecule has 1 fully saturated rings. The van der Waals surface area contributed by atoms with Crippen molar-refractivity contribution >= 4 is 21.9 Å². The summed E-state index contributed by atoms with van der Waals surface area (Å²) in [6.45, 7) is 2.48. The number of piperidine rings is 1. The predicted molar refractivity (Wildman–Crippen MR) is 128 cm³/mol. The van der Waals surface area contributed by atoms with E-state index in [0.717, 1.165) is 31.2 Å². The normalized spacial score (nSPS) is 16.4. The summed E-state index contributed by atoms with van der Waals surface area (Å²) >= 11 is 0. The van der Waals surface area contributed by atoms with Crippen LogP contribution in [-0.4, -0.2) is 62.9 Å². The minimum atomic E-state index is -3.97. The van der Waals surface area contributed by atoms with Crippen LogP contribution < -0.4 is 4.74 Å². The highest BCUT2D eigenvalue weighted by Gasteiger charge is 2.28. The van der Waals surface area contributed by atoms with Crippen LogP contribution in [0.2, 0.25) is 0 Å². The van der Waals surface area contributed by atoms with Crippen molar-refractivity contribution in [2.45, 2.75) is 50.1 Å². The third-order valence-corrected chi connectivity index (χ3v) is 7.91. The lowest BCUT2D eigenvalue weighted by Gasteiger charge is -2.35.